The third-order valence-electron chi connectivity index (χ3n) is 7.68. The number of aliphatic carboxylic acids is 1. The van der Waals surface area contributed by atoms with Gasteiger partial charge in [-0.2, -0.15) is 0 Å². The maximum absolute atomic E-state index is 13.1. The van der Waals surface area contributed by atoms with E-state index < -0.39 is 24.4 Å². The lowest BCUT2D eigenvalue weighted by molar-refractivity contribution is -0.138. The quantitative estimate of drug-likeness (QED) is 0.446. The number of hydrogen-bond donors (Lipinski definition) is 1. The van der Waals surface area contributed by atoms with Crippen LogP contribution in [0, 0.1) is 0 Å². The molecular formula is C28H31F2N3O5. The lowest BCUT2D eigenvalue weighted by Crippen LogP contribution is -2.42. The number of carbonyl (C=O) groups is 2. The molecule has 2 aliphatic rings. The van der Waals surface area contributed by atoms with Crippen molar-refractivity contribution >= 4 is 28.8 Å². The summed E-state index contributed by atoms with van der Waals surface area (Å²) in [5, 5.41) is 10.1. The number of carbonyl (C=O) groups excluding carboxylic acids is 1. The van der Waals surface area contributed by atoms with Crippen LogP contribution in [0.25, 0.3) is 11.0 Å². The molecule has 3 aromatic rings. The van der Waals surface area contributed by atoms with Gasteiger partial charge in [0, 0.05) is 30.2 Å². The highest BCUT2D eigenvalue weighted by atomic mass is 19.3. The molecule has 3 atom stereocenters. The molecule has 8 nitrogen and oxygen atoms in total. The maximum Gasteiger partial charge on any atom is 0.414 e. The fourth-order valence-corrected chi connectivity index (χ4v) is 5.71. The molecule has 5 rings (SSSR count). The molecule has 0 unspecified atom stereocenters. The second-order valence-electron chi connectivity index (χ2n) is 9.99. The minimum Gasteiger partial charge on any atom is -0.481 e. The maximum atomic E-state index is 13.1. The number of aromatic nitrogens is 2. The number of hydrogen-bond acceptors (Lipinski definition) is 5. The molecule has 1 aromatic heterocycles. The number of benzene rings is 2. The Morgan fingerprint density at radius 3 is 2.53 bits per heavy atom. The highest BCUT2D eigenvalue weighted by Crippen LogP contribution is 2.39. The molecule has 38 heavy (non-hydrogen) atoms. The van der Waals surface area contributed by atoms with Crippen LogP contribution in [-0.4, -0.2) is 53.1 Å². The normalized spacial score (nSPS) is 20.4. The zero-order valence-electron chi connectivity index (χ0n) is 21.4. The largest absolute Gasteiger partial charge is 0.481 e. The molecule has 0 radical (unpaired) electrons. The van der Waals surface area contributed by atoms with E-state index >= 15 is 0 Å². The minimum absolute atomic E-state index is 0.0170. The molecular weight excluding hydrogens is 496 g/mol. The van der Waals surface area contributed by atoms with Gasteiger partial charge in [0.05, 0.1) is 42.4 Å². The van der Waals surface area contributed by atoms with Gasteiger partial charge in [0.15, 0.2) is 0 Å². The van der Waals surface area contributed by atoms with E-state index in [0.717, 1.165) is 48.0 Å². The molecule has 0 spiro atoms. The number of alkyl halides is 2. The average molecular weight is 528 g/mol. The number of fused-ring (bicyclic) bond motifs is 3. The molecule has 3 heterocycles. The van der Waals surface area contributed by atoms with Gasteiger partial charge in [0.25, 0.3) is 6.43 Å². The van der Waals surface area contributed by atoms with Crippen LogP contribution in [0.1, 0.15) is 67.1 Å². The van der Waals surface area contributed by atoms with Crippen molar-refractivity contribution in [1.82, 2.24) is 9.55 Å². The topological polar surface area (TPSA) is 93.9 Å². The van der Waals surface area contributed by atoms with E-state index in [2.05, 4.69) is 4.57 Å². The standard InChI is InChI=1S/C28H31F2N3O5/c1-16-5-10-20-22(32(16)28(36)37-2)11-12-23-25(20)31-24(33(23)19-4-3-13-38-15-19)14-21(27(34)35)17-6-8-18(9-7-17)26(29)30/h6-9,11-12,16,19,21,26H,3-5,10,13-15H2,1-2H3,(H,34,35)/t16-,19+,21+/m0/s1. The molecule has 0 saturated carbocycles. The number of ether oxygens (including phenoxy) is 2. The van der Waals surface area contributed by atoms with Crippen molar-refractivity contribution in [1.29, 1.82) is 0 Å². The van der Waals surface area contributed by atoms with Crippen molar-refractivity contribution < 1.29 is 33.0 Å². The fourth-order valence-electron chi connectivity index (χ4n) is 5.71. The first-order valence-corrected chi connectivity index (χ1v) is 12.9. The third-order valence-corrected chi connectivity index (χ3v) is 7.68. The number of carboxylic acids is 1. The van der Waals surface area contributed by atoms with Gasteiger partial charge in [-0.05, 0) is 50.3 Å². The third kappa shape index (κ3) is 4.73. The number of aryl methyl sites for hydroxylation is 1. The summed E-state index contributed by atoms with van der Waals surface area (Å²) in [5.74, 6) is -1.43. The van der Waals surface area contributed by atoms with Crippen molar-refractivity contribution in [3.8, 4) is 0 Å². The Hall–Kier alpha value is -3.53. The van der Waals surface area contributed by atoms with Gasteiger partial charge in [-0.25, -0.2) is 18.6 Å². The molecule has 2 aromatic carbocycles. The number of imidazole rings is 1. The molecule has 2 aliphatic heterocycles. The number of methoxy groups -OCH3 is 1. The van der Waals surface area contributed by atoms with Gasteiger partial charge in [-0.3, -0.25) is 9.69 Å². The van der Waals surface area contributed by atoms with E-state index in [9.17, 15) is 23.5 Å². The van der Waals surface area contributed by atoms with Crippen LogP contribution >= 0.6 is 0 Å². The number of nitrogens with zero attached hydrogens (tertiary/aromatic N) is 3. The number of carboxylic acid groups (broad SMARTS) is 1. The van der Waals surface area contributed by atoms with Crippen LogP contribution < -0.4 is 4.90 Å². The zero-order valence-corrected chi connectivity index (χ0v) is 21.4. The minimum atomic E-state index is -2.62. The van der Waals surface area contributed by atoms with Crippen LogP contribution in [-0.2, 0) is 27.1 Å². The summed E-state index contributed by atoms with van der Waals surface area (Å²) >= 11 is 0. The van der Waals surface area contributed by atoms with E-state index in [1.165, 1.54) is 31.4 Å². The number of halogens is 2. The molecule has 1 saturated heterocycles. The Bertz CT molecular complexity index is 1330. The van der Waals surface area contributed by atoms with Crippen LogP contribution in [0.5, 0.6) is 0 Å². The average Bonchev–Trinajstić information content (AvgIpc) is 3.30. The Morgan fingerprint density at radius 2 is 1.89 bits per heavy atom. The zero-order chi connectivity index (χ0) is 27.0. The highest BCUT2D eigenvalue weighted by molar-refractivity contribution is 5.95. The molecule has 1 N–H and O–H groups in total. The first-order chi connectivity index (χ1) is 18.3. The number of amides is 1. The van der Waals surface area contributed by atoms with E-state index in [-0.39, 0.29) is 24.1 Å². The lowest BCUT2D eigenvalue weighted by Gasteiger charge is -2.34. The Morgan fingerprint density at radius 1 is 1.16 bits per heavy atom. The molecule has 1 fully saturated rings. The van der Waals surface area contributed by atoms with Crippen LogP contribution in [0.3, 0.4) is 0 Å². The van der Waals surface area contributed by atoms with Gasteiger partial charge >= 0.3 is 12.1 Å². The Kier molecular flexibility index (Phi) is 7.34. The van der Waals surface area contributed by atoms with E-state index in [4.69, 9.17) is 14.5 Å². The van der Waals surface area contributed by atoms with Crippen molar-refractivity contribution in [2.24, 2.45) is 0 Å². The molecule has 1 amide bonds. The van der Waals surface area contributed by atoms with Crippen molar-refractivity contribution in [2.45, 2.75) is 63.5 Å². The Labute approximate surface area is 219 Å². The number of anilines is 1. The molecule has 202 valence electrons. The summed E-state index contributed by atoms with van der Waals surface area (Å²) < 4.78 is 39.0. The Balaban J connectivity index is 1.62. The van der Waals surface area contributed by atoms with Gasteiger partial charge in [0.2, 0.25) is 0 Å². The SMILES string of the molecule is COC(=O)N1c2ccc3c(nc(C[C@@H](C(=O)O)c4ccc(C(F)F)cc4)n3[C@@H]3CCCOC3)c2CC[C@@H]1C. The van der Waals surface area contributed by atoms with Crippen LogP contribution in [0.4, 0.5) is 19.3 Å². The van der Waals surface area contributed by atoms with Gasteiger partial charge in [0.1, 0.15) is 5.82 Å². The summed E-state index contributed by atoms with van der Waals surface area (Å²) in [6.45, 7) is 3.14. The van der Waals surface area contributed by atoms with E-state index in [1.807, 2.05) is 19.1 Å². The first kappa shape index (κ1) is 26.1. The first-order valence-electron chi connectivity index (χ1n) is 12.9. The van der Waals surface area contributed by atoms with Gasteiger partial charge in [-0.15, -0.1) is 0 Å². The van der Waals surface area contributed by atoms with Crippen molar-refractivity contribution in [3.63, 3.8) is 0 Å². The van der Waals surface area contributed by atoms with Gasteiger partial charge < -0.3 is 19.1 Å². The van der Waals surface area contributed by atoms with Crippen LogP contribution in [0.15, 0.2) is 36.4 Å². The second kappa shape index (κ2) is 10.7. The van der Waals surface area contributed by atoms with Crippen molar-refractivity contribution in [2.75, 3.05) is 25.2 Å². The van der Waals surface area contributed by atoms with Gasteiger partial charge in [-0.1, -0.05) is 24.3 Å². The lowest BCUT2D eigenvalue weighted by atomic mass is 9.94. The molecule has 0 bridgehead atoms. The smallest absolute Gasteiger partial charge is 0.414 e. The highest BCUT2D eigenvalue weighted by Gasteiger charge is 2.33. The summed E-state index contributed by atoms with van der Waals surface area (Å²) in [6.07, 6.45) is 0.222. The van der Waals surface area contributed by atoms with Crippen molar-refractivity contribution in [3.05, 3.63) is 58.9 Å². The predicted molar refractivity (Wildman–Crippen MR) is 137 cm³/mol. The van der Waals surface area contributed by atoms with E-state index in [1.54, 1.807) is 4.90 Å². The summed E-state index contributed by atoms with van der Waals surface area (Å²) in [7, 11) is 1.36. The monoisotopic (exact) mass is 527 g/mol. The fraction of sp³-hybridized carbons (Fsp3) is 0.464. The summed E-state index contributed by atoms with van der Waals surface area (Å²) in [6, 6.07) is 9.24. The predicted octanol–water partition coefficient (Wildman–Crippen LogP) is 5.64. The molecule has 10 heteroatoms. The summed E-state index contributed by atoms with van der Waals surface area (Å²) in [5.41, 5.74) is 3.56. The second-order valence-corrected chi connectivity index (χ2v) is 9.99. The molecule has 0 aliphatic carbocycles. The van der Waals surface area contributed by atoms with Crippen LogP contribution in [0.2, 0.25) is 0 Å². The number of rotatable bonds is 6. The van der Waals surface area contributed by atoms with E-state index in [0.29, 0.717) is 24.6 Å². The summed E-state index contributed by atoms with van der Waals surface area (Å²) in [4.78, 5) is 31.6.